The lowest BCUT2D eigenvalue weighted by Crippen LogP contribution is -2.15. The first-order chi connectivity index (χ1) is 9.59. The molecule has 0 aliphatic heterocycles. The van der Waals surface area contributed by atoms with Gasteiger partial charge in [0.1, 0.15) is 5.75 Å². The molecule has 20 heavy (non-hydrogen) atoms. The average Bonchev–Trinajstić information content (AvgIpc) is 2.44. The van der Waals surface area contributed by atoms with Gasteiger partial charge in [0.2, 0.25) is 0 Å². The van der Waals surface area contributed by atoms with E-state index in [9.17, 15) is 4.79 Å². The second kappa shape index (κ2) is 6.10. The number of nitrogens with two attached hydrogens (primary N) is 1. The highest BCUT2D eigenvalue weighted by atomic mass is 16.5. The maximum absolute atomic E-state index is 11.3. The van der Waals surface area contributed by atoms with Gasteiger partial charge in [-0.25, -0.2) is 0 Å². The van der Waals surface area contributed by atoms with Crippen LogP contribution in [-0.2, 0) is 0 Å². The Labute approximate surface area is 118 Å². The number of primary amides is 1. The molecular weight excluding hydrogens is 252 g/mol. The van der Waals surface area contributed by atoms with Gasteiger partial charge >= 0.3 is 0 Å². The van der Waals surface area contributed by atoms with Crippen molar-refractivity contribution in [1.82, 2.24) is 0 Å². The maximum Gasteiger partial charge on any atom is 0.252 e. The van der Waals surface area contributed by atoms with Crippen LogP contribution in [0.5, 0.6) is 5.75 Å². The Morgan fingerprint density at radius 1 is 1.15 bits per heavy atom. The zero-order chi connectivity index (χ0) is 14.5. The summed E-state index contributed by atoms with van der Waals surface area (Å²) in [5, 5.41) is 3.19. The number of aryl methyl sites for hydroxylation is 1. The number of ether oxygens (including phenoxy) is 1. The van der Waals surface area contributed by atoms with Gasteiger partial charge in [-0.2, -0.15) is 0 Å². The molecule has 0 unspecified atom stereocenters. The molecule has 1 amide bonds. The number of hydrogen-bond acceptors (Lipinski definition) is 3. The first-order valence-electron chi connectivity index (χ1n) is 6.41. The number of nitrogens with one attached hydrogen (secondary N) is 1. The molecular formula is C16H18N2O2. The van der Waals surface area contributed by atoms with Crippen molar-refractivity contribution >= 4 is 11.6 Å². The fraction of sp³-hybridized carbons (Fsp3) is 0.188. The molecule has 0 bridgehead atoms. The van der Waals surface area contributed by atoms with Crippen LogP contribution < -0.4 is 15.8 Å². The van der Waals surface area contributed by atoms with E-state index in [2.05, 4.69) is 25.2 Å². The Kier molecular flexibility index (Phi) is 4.25. The molecule has 0 aliphatic rings. The van der Waals surface area contributed by atoms with Crippen molar-refractivity contribution < 1.29 is 9.53 Å². The van der Waals surface area contributed by atoms with Crippen LogP contribution in [0.25, 0.3) is 0 Å². The molecule has 0 fully saturated rings. The van der Waals surface area contributed by atoms with Crippen molar-refractivity contribution in [2.24, 2.45) is 5.73 Å². The van der Waals surface area contributed by atoms with E-state index in [-0.39, 0.29) is 6.73 Å². The van der Waals surface area contributed by atoms with Gasteiger partial charge in [-0.1, -0.05) is 24.3 Å². The molecule has 0 aromatic heterocycles. The number of amides is 1. The Morgan fingerprint density at radius 3 is 2.65 bits per heavy atom. The van der Waals surface area contributed by atoms with E-state index in [0.717, 1.165) is 5.69 Å². The monoisotopic (exact) mass is 270 g/mol. The molecule has 2 aromatic carbocycles. The van der Waals surface area contributed by atoms with Gasteiger partial charge in [0, 0.05) is 5.69 Å². The third kappa shape index (κ3) is 3.09. The van der Waals surface area contributed by atoms with E-state index >= 15 is 0 Å². The molecule has 0 heterocycles. The van der Waals surface area contributed by atoms with Gasteiger partial charge in [0.05, 0.1) is 5.56 Å². The van der Waals surface area contributed by atoms with Crippen molar-refractivity contribution in [2.45, 2.75) is 13.8 Å². The van der Waals surface area contributed by atoms with Gasteiger partial charge in [-0.05, 0) is 43.2 Å². The fourth-order valence-corrected chi connectivity index (χ4v) is 1.93. The van der Waals surface area contributed by atoms with Crippen LogP contribution >= 0.6 is 0 Å². The van der Waals surface area contributed by atoms with Crippen molar-refractivity contribution in [1.29, 1.82) is 0 Å². The van der Waals surface area contributed by atoms with Gasteiger partial charge in [0.15, 0.2) is 6.73 Å². The first-order valence-corrected chi connectivity index (χ1v) is 6.41. The Hall–Kier alpha value is -2.49. The van der Waals surface area contributed by atoms with E-state index in [1.807, 2.05) is 12.1 Å². The number of para-hydroxylation sites is 1. The summed E-state index contributed by atoms with van der Waals surface area (Å²) in [5.74, 6) is -0.00913. The minimum Gasteiger partial charge on any atom is -0.472 e. The topological polar surface area (TPSA) is 64.3 Å². The summed E-state index contributed by atoms with van der Waals surface area (Å²) in [6, 6.07) is 13.0. The smallest absolute Gasteiger partial charge is 0.252 e. The predicted octanol–water partition coefficient (Wildman–Crippen LogP) is 2.85. The highest BCUT2D eigenvalue weighted by Gasteiger charge is 2.08. The molecule has 0 radical (unpaired) electrons. The van der Waals surface area contributed by atoms with E-state index in [1.165, 1.54) is 11.1 Å². The molecule has 4 heteroatoms. The number of carbonyl (C=O) groups is 1. The van der Waals surface area contributed by atoms with Crippen LogP contribution in [0.1, 0.15) is 21.5 Å². The average molecular weight is 270 g/mol. The predicted molar refractivity (Wildman–Crippen MR) is 80.0 cm³/mol. The van der Waals surface area contributed by atoms with Crippen LogP contribution in [0.15, 0.2) is 42.5 Å². The molecule has 4 nitrogen and oxygen atoms in total. The summed E-state index contributed by atoms with van der Waals surface area (Å²) in [5.41, 5.74) is 9.10. The quantitative estimate of drug-likeness (QED) is 0.821. The van der Waals surface area contributed by atoms with E-state index in [1.54, 1.807) is 24.3 Å². The lowest BCUT2D eigenvalue weighted by Gasteiger charge is -2.13. The molecule has 2 rings (SSSR count). The molecule has 3 N–H and O–H groups in total. The van der Waals surface area contributed by atoms with Crippen molar-refractivity contribution in [3.63, 3.8) is 0 Å². The number of rotatable bonds is 5. The van der Waals surface area contributed by atoms with Gasteiger partial charge in [0.25, 0.3) is 5.91 Å². The van der Waals surface area contributed by atoms with Crippen molar-refractivity contribution in [2.75, 3.05) is 12.0 Å². The summed E-state index contributed by atoms with van der Waals surface area (Å²) in [4.78, 5) is 11.3. The normalized spacial score (nSPS) is 10.1. The lowest BCUT2D eigenvalue weighted by atomic mass is 10.1. The number of carbonyl (C=O) groups excluding carboxylic acids is 1. The number of anilines is 1. The largest absolute Gasteiger partial charge is 0.472 e. The lowest BCUT2D eigenvalue weighted by molar-refractivity contribution is 0.0996. The Bertz CT molecular complexity index is 624. The Morgan fingerprint density at radius 2 is 1.90 bits per heavy atom. The molecule has 0 aliphatic carbocycles. The fourth-order valence-electron chi connectivity index (χ4n) is 1.93. The molecule has 0 saturated heterocycles. The third-order valence-electron chi connectivity index (χ3n) is 3.25. The maximum atomic E-state index is 11.3. The van der Waals surface area contributed by atoms with E-state index in [4.69, 9.17) is 10.5 Å². The highest BCUT2D eigenvalue weighted by Crippen LogP contribution is 2.20. The second-order valence-electron chi connectivity index (χ2n) is 4.57. The van der Waals surface area contributed by atoms with Crippen molar-refractivity contribution in [3.05, 3.63) is 59.2 Å². The molecule has 0 saturated carbocycles. The third-order valence-corrected chi connectivity index (χ3v) is 3.25. The van der Waals surface area contributed by atoms with Crippen molar-refractivity contribution in [3.8, 4) is 5.75 Å². The molecule has 104 valence electrons. The van der Waals surface area contributed by atoms with Crippen LogP contribution in [0.4, 0.5) is 5.69 Å². The second-order valence-corrected chi connectivity index (χ2v) is 4.57. The first kappa shape index (κ1) is 13.9. The SMILES string of the molecule is Cc1cccc(NCOc2ccccc2C(N)=O)c1C. The van der Waals surface area contributed by atoms with Gasteiger partial charge < -0.3 is 15.8 Å². The minimum absolute atomic E-state index is 0.272. The zero-order valence-corrected chi connectivity index (χ0v) is 11.6. The summed E-state index contributed by atoms with van der Waals surface area (Å²) in [6.07, 6.45) is 0. The van der Waals surface area contributed by atoms with Crippen LogP contribution in [0.2, 0.25) is 0 Å². The number of benzene rings is 2. The zero-order valence-electron chi connectivity index (χ0n) is 11.6. The van der Waals surface area contributed by atoms with E-state index < -0.39 is 5.91 Å². The van der Waals surface area contributed by atoms with E-state index in [0.29, 0.717) is 11.3 Å². The summed E-state index contributed by atoms with van der Waals surface area (Å²) < 4.78 is 5.59. The Balaban J connectivity index is 2.03. The minimum atomic E-state index is -0.493. The van der Waals surface area contributed by atoms with Gasteiger partial charge in [-0.3, -0.25) is 4.79 Å². The van der Waals surface area contributed by atoms with Crippen LogP contribution in [-0.4, -0.2) is 12.6 Å². The summed E-state index contributed by atoms with van der Waals surface area (Å²) >= 11 is 0. The summed E-state index contributed by atoms with van der Waals surface area (Å²) in [7, 11) is 0. The van der Waals surface area contributed by atoms with Crippen LogP contribution in [0.3, 0.4) is 0 Å². The summed E-state index contributed by atoms with van der Waals surface area (Å²) in [6.45, 7) is 4.38. The number of hydrogen-bond donors (Lipinski definition) is 2. The van der Waals surface area contributed by atoms with Gasteiger partial charge in [-0.15, -0.1) is 0 Å². The highest BCUT2D eigenvalue weighted by molar-refractivity contribution is 5.95. The molecule has 0 spiro atoms. The molecule has 0 atom stereocenters. The van der Waals surface area contributed by atoms with Crippen LogP contribution in [0, 0.1) is 13.8 Å². The standard InChI is InChI=1S/C16H18N2O2/c1-11-6-5-8-14(12(11)2)18-10-20-15-9-4-3-7-13(15)16(17)19/h3-9,18H,10H2,1-2H3,(H2,17,19). The molecule has 2 aromatic rings.